The van der Waals surface area contributed by atoms with Crippen molar-refractivity contribution < 1.29 is 9.53 Å². The summed E-state index contributed by atoms with van der Waals surface area (Å²) in [7, 11) is 0. The fraction of sp³-hybridized carbons (Fsp3) is 0.350. The van der Waals surface area contributed by atoms with Crippen molar-refractivity contribution in [3.8, 4) is 0 Å². The molecule has 0 bridgehead atoms. The van der Waals surface area contributed by atoms with Gasteiger partial charge < -0.3 is 4.74 Å². The molecular weight excluding hydrogens is 300 g/mol. The van der Waals surface area contributed by atoms with Gasteiger partial charge in [-0.15, -0.1) is 0 Å². The van der Waals surface area contributed by atoms with Gasteiger partial charge in [-0.1, -0.05) is 42.8 Å². The largest absolute Gasteiger partial charge is 0.448 e. The Morgan fingerprint density at radius 3 is 2.08 bits per heavy atom. The molecule has 0 spiro atoms. The lowest BCUT2D eigenvalue weighted by molar-refractivity contribution is 0.123. The number of benzene rings is 2. The number of carbonyl (C=O) groups excluding carboxylic acids is 1. The van der Waals surface area contributed by atoms with Crippen molar-refractivity contribution in [3.05, 3.63) is 48.5 Å². The van der Waals surface area contributed by atoms with Gasteiger partial charge in [0, 0.05) is 17.3 Å². The fourth-order valence-electron chi connectivity index (χ4n) is 3.63. The van der Waals surface area contributed by atoms with Crippen LogP contribution in [0.2, 0.25) is 0 Å². The second-order valence-corrected chi connectivity index (χ2v) is 6.39. The van der Waals surface area contributed by atoms with Crippen molar-refractivity contribution in [1.82, 2.24) is 9.47 Å². The Balaban J connectivity index is 1.57. The first-order valence-electron chi connectivity index (χ1n) is 8.72. The van der Waals surface area contributed by atoms with E-state index >= 15 is 0 Å². The molecule has 4 nitrogen and oxygen atoms in total. The average molecular weight is 322 g/mol. The van der Waals surface area contributed by atoms with Crippen LogP contribution in [0.25, 0.3) is 21.8 Å². The summed E-state index contributed by atoms with van der Waals surface area (Å²) in [6, 6.07) is 16.0. The topological polar surface area (TPSA) is 34.5 Å². The van der Waals surface area contributed by atoms with Crippen LogP contribution in [0.1, 0.15) is 19.3 Å². The number of carbonyl (C=O) groups is 1. The van der Waals surface area contributed by atoms with E-state index in [9.17, 15) is 4.79 Å². The lowest BCUT2D eigenvalue weighted by atomic mass is 10.1. The van der Waals surface area contributed by atoms with Gasteiger partial charge in [-0.3, -0.25) is 4.90 Å². The summed E-state index contributed by atoms with van der Waals surface area (Å²) >= 11 is 0. The molecule has 4 rings (SSSR count). The summed E-state index contributed by atoms with van der Waals surface area (Å²) in [5.74, 6) is 0. The third kappa shape index (κ3) is 2.78. The smallest absolute Gasteiger partial charge is 0.419 e. The van der Waals surface area contributed by atoms with E-state index in [1.807, 2.05) is 36.4 Å². The number of hydrogen-bond acceptors (Lipinski definition) is 3. The third-order valence-electron chi connectivity index (χ3n) is 4.84. The van der Waals surface area contributed by atoms with E-state index in [1.54, 1.807) is 4.57 Å². The second-order valence-electron chi connectivity index (χ2n) is 6.39. The molecule has 2 aromatic carbocycles. The summed E-state index contributed by atoms with van der Waals surface area (Å²) in [6.07, 6.45) is 3.53. The highest BCUT2D eigenvalue weighted by Crippen LogP contribution is 2.28. The summed E-state index contributed by atoms with van der Waals surface area (Å²) < 4.78 is 7.28. The van der Waals surface area contributed by atoms with E-state index in [0.29, 0.717) is 6.61 Å². The Morgan fingerprint density at radius 2 is 1.46 bits per heavy atom. The van der Waals surface area contributed by atoms with Crippen molar-refractivity contribution in [3.63, 3.8) is 0 Å². The lowest BCUT2D eigenvalue weighted by Crippen LogP contribution is -2.33. The van der Waals surface area contributed by atoms with Gasteiger partial charge in [-0.25, -0.2) is 9.36 Å². The predicted octanol–water partition coefficient (Wildman–Crippen LogP) is 4.27. The SMILES string of the molecule is O=C(OCCN1CCCCC1)n1c2ccccc2c2ccccc21. The van der Waals surface area contributed by atoms with E-state index < -0.39 is 0 Å². The molecule has 1 fully saturated rings. The van der Waals surface area contributed by atoms with Crippen molar-refractivity contribution >= 4 is 27.9 Å². The number of ether oxygens (including phenoxy) is 1. The number of piperidine rings is 1. The van der Waals surface area contributed by atoms with E-state index in [0.717, 1.165) is 41.4 Å². The molecule has 0 saturated carbocycles. The minimum absolute atomic E-state index is 0.288. The zero-order valence-electron chi connectivity index (χ0n) is 13.8. The Labute approximate surface area is 141 Å². The maximum Gasteiger partial charge on any atom is 0.419 e. The van der Waals surface area contributed by atoms with E-state index in [4.69, 9.17) is 4.74 Å². The molecule has 0 atom stereocenters. The zero-order valence-corrected chi connectivity index (χ0v) is 13.8. The lowest BCUT2D eigenvalue weighted by Gasteiger charge is -2.25. The van der Waals surface area contributed by atoms with Crippen LogP contribution in [-0.2, 0) is 4.74 Å². The Morgan fingerprint density at radius 1 is 0.875 bits per heavy atom. The minimum atomic E-state index is -0.288. The van der Waals surface area contributed by atoms with Crippen molar-refractivity contribution in [2.24, 2.45) is 0 Å². The molecule has 1 saturated heterocycles. The summed E-state index contributed by atoms with van der Waals surface area (Å²) in [4.78, 5) is 15.1. The molecule has 0 unspecified atom stereocenters. The summed E-state index contributed by atoms with van der Waals surface area (Å²) in [6.45, 7) is 3.50. The second kappa shape index (κ2) is 6.65. The summed E-state index contributed by atoms with van der Waals surface area (Å²) in [5.41, 5.74) is 1.81. The summed E-state index contributed by atoms with van der Waals surface area (Å²) in [5, 5.41) is 2.17. The number of para-hydroxylation sites is 2. The molecule has 1 aliphatic heterocycles. The maximum absolute atomic E-state index is 12.7. The van der Waals surface area contributed by atoms with Crippen molar-refractivity contribution in [2.75, 3.05) is 26.2 Å². The van der Waals surface area contributed by atoms with Crippen molar-refractivity contribution in [1.29, 1.82) is 0 Å². The van der Waals surface area contributed by atoms with Gasteiger partial charge in [0.05, 0.1) is 11.0 Å². The molecule has 0 aliphatic carbocycles. The van der Waals surface area contributed by atoms with Crippen LogP contribution in [0.4, 0.5) is 4.79 Å². The van der Waals surface area contributed by atoms with Crippen LogP contribution in [-0.4, -0.2) is 41.8 Å². The molecule has 2 heterocycles. The molecule has 3 aromatic rings. The van der Waals surface area contributed by atoms with Crippen LogP contribution in [0.5, 0.6) is 0 Å². The fourth-order valence-corrected chi connectivity index (χ4v) is 3.63. The first kappa shape index (κ1) is 15.2. The number of aromatic nitrogens is 1. The van der Waals surface area contributed by atoms with Crippen LogP contribution >= 0.6 is 0 Å². The Bertz CT molecular complexity index is 809. The molecule has 124 valence electrons. The molecule has 1 aromatic heterocycles. The van der Waals surface area contributed by atoms with Crippen LogP contribution in [0, 0.1) is 0 Å². The van der Waals surface area contributed by atoms with Crippen LogP contribution in [0.3, 0.4) is 0 Å². The number of hydrogen-bond donors (Lipinski definition) is 0. The highest BCUT2D eigenvalue weighted by molar-refractivity contribution is 6.12. The van der Waals surface area contributed by atoms with Gasteiger partial charge in [-0.05, 0) is 38.1 Å². The quantitative estimate of drug-likeness (QED) is 0.722. The van der Waals surface area contributed by atoms with Gasteiger partial charge >= 0.3 is 6.09 Å². The number of nitrogens with zero attached hydrogens (tertiary/aromatic N) is 2. The highest BCUT2D eigenvalue weighted by atomic mass is 16.5. The Kier molecular flexibility index (Phi) is 4.22. The minimum Gasteiger partial charge on any atom is -0.448 e. The first-order valence-corrected chi connectivity index (χ1v) is 8.72. The maximum atomic E-state index is 12.7. The molecule has 0 N–H and O–H groups in total. The number of fused-ring (bicyclic) bond motifs is 3. The zero-order chi connectivity index (χ0) is 16.4. The van der Waals surface area contributed by atoms with Crippen molar-refractivity contribution in [2.45, 2.75) is 19.3 Å². The van der Waals surface area contributed by atoms with E-state index in [2.05, 4.69) is 17.0 Å². The van der Waals surface area contributed by atoms with Gasteiger partial charge in [0.2, 0.25) is 0 Å². The van der Waals surface area contributed by atoms with Gasteiger partial charge in [0.25, 0.3) is 0 Å². The van der Waals surface area contributed by atoms with Crippen LogP contribution in [0.15, 0.2) is 48.5 Å². The van der Waals surface area contributed by atoms with E-state index in [-0.39, 0.29) is 6.09 Å². The molecule has 1 aliphatic rings. The third-order valence-corrected chi connectivity index (χ3v) is 4.84. The number of rotatable bonds is 3. The van der Waals surface area contributed by atoms with Gasteiger partial charge in [0.1, 0.15) is 6.61 Å². The molecule has 4 heteroatoms. The predicted molar refractivity (Wildman–Crippen MR) is 96.5 cm³/mol. The van der Waals surface area contributed by atoms with Gasteiger partial charge in [0.15, 0.2) is 0 Å². The first-order chi connectivity index (χ1) is 11.8. The Hall–Kier alpha value is -2.33. The molecule has 24 heavy (non-hydrogen) atoms. The molecular formula is C20H22N2O2. The van der Waals surface area contributed by atoms with E-state index in [1.165, 1.54) is 19.3 Å². The standard InChI is InChI=1S/C20H22N2O2/c23-20(24-15-14-21-12-6-1-7-13-21)22-18-10-4-2-8-16(18)17-9-3-5-11-19(17)22/h2-5,8-11H,1,6-7,12-15H2. The van der Waals surface area contributed by atoms with Gasteiger partial charge in [-0.2, -0.15) is 0 Å². The normalized spacial score (nSPS) is 15.8. The highest BCUT2D eigenvalue weighted by Gasteiger charge is 2.17. The van der Waals surface area contributed by atoms with Crippen LogP contribution < -0.4 is 0 Å². The number of likely N-dealkylation sites (tertiary alicyclic amines) is 1. The molecule has 0 amide bonds. The molecule has 0 radical (unpaired) electrons. The monoisotopic (exact) mass is 322 g/mol. The average Bonchev–Trinajstić information content (AvgIpc) is 2.97.